The van der Waals surface area contributed by atoms with Crippen molar-refractivity contribution in [2.75, 3.05) is 33.3 Å². The molecule has 1 saturated heterocycles. The first-order chi connectivity index (χ1) is 10.2. The van der Waals surface area contributed by atoms with Gasteiger partial charge in [-0.25, -0.2) is 0 Å². The van der Waals surface area contributed by atoms with Gasteiger partial charge >= 0.3 is 0 Å². The Bertz CT molecular complexity index is 527. The highest BCUT2D eigenvalue weighted by atomic mass is 16.5. The van der Waals surface area contributed by atoms with Crippen LogP contribution in [-0.4, -0.2) is 50.1 Å². The van der Waals surface area contributed by atoms with Crippen LogP contribution in [0, 0.1) is 11.3 Å². The number of piperazine rings is 1. The molecule has 1 unspecified atom stereocenters. The molecule has 1 atom stereocenters. The highest BCUT2D eigenvalue weighted by Gasteiger charge is 2.23. The first-order valence-corrected chi connectivity index (χ1v) is 6.97. The molecular formula is C15H20N4O2. The molecule has 2 rings (SSSR count). The third kappa shape index (κ3) is 4.18. The van der Waals surface area contributed by atoms with Crippen molar-refractivity contribution in [3.63, 3.8) is 0 Å². The van der Waals surface area contributed by atoms with Crippen LogP contribution < -0.4 is 15.4 Å². The third-order valence-electron chi connectivity index (χ3n) is 3.52. The lowest BCUT2D eigenvalue weighted by molar-refractivity contribution is -0.122. The van der Waals surface area contributed by atoms with Crippen molar-refractivity contribution in [1.82, 2.24) is 15.5 Å². The van der Waals surface area contributed by atoms with Gasteiger partial charge < -0.3 is 15.4 Å². The van der Waals surface area contributed by atoms with Crippen LogP contribution in [0.5, 0.6) is 5.75 Å². The summed E-state index contributed by atoms with van der Waals surface area (Å²) in [5, 5.41) is 15.1. The van der Waals surface area contributed by atoms with Gasteiger partial charge in [-0.3, -0.25) is 9.69 Å². The molecule has 0 radical (unpaired) electrons. The van der Waals surface area contributed by atoms with Gasteiger partial charge in [0.25, 0.3) is 0 Å². The fourth-order valence-electron chi connectivity index (χ4n) is 2.35. The van der Waals surface area contributed by atoms with E-state index in [9.17, 15) is 4.79 Å². The molecule has 1 amide bonds. The van der Waals surface area contributed by atoms with Gasteiger partial charge in [-0.1, -0.05) is 18.2 Å². The van der Waals surface area contributed by atoms with Crippen molar-refractivity contribution in [1.29, 1.82) is 5.26 Å². The van der Waals surface area contributed by atoms with Gasteiger partial charge in [0.05, 0.1) is 19.7 Å². The summed E-state index contributed by atoms with van der Waals surface area (Å²) in [7, 11) is 1.61. The molecule has 1 aromatic rings. The van der Waals surface area contributed by atoms with E-state index in [0.29, 0.717) is 19.6 Å². The van der Waals surface area contributed by atoms with Gasteiger partial charge in [-0.05, 0) is 6.07 Å². The van der Waals surface area contributed by atoms with E-state index in [1.807, 2.05) is 29.2 Å². The molecule has 0 saturated carbocycles. The fourth-order valence-corrected chi connectivity index (χ4v) is 2.35. The lowest BCUT2D eigenvalue weighted by atomic mass is 10.2. The Balaban J connectivity index is 1.86. The number of benzene rings is 1. The molecule has 1 aromatic carbocycles. The van der Waals surface area contributed by atoms with Gasteiger partial charge in [0.1, 0.15) is 11.8 Å². The van der Waals surface area contributed by atoms with E-state index >= 15 is 0 Å². The lowest BCUT2D eigenvalue weighted by Crippen LogP contribution is -2.53. The predicted molar refractivity (Wildman–Crippen MR) is 78.7 cm³/mol. The van der Waals surface area contributed by atoms with Crippen molar-refractivity contribution >= 4 is 5.91 Å². The van der Waals surface area contributed by atoms with Crippen molar-refractivity contribution < 1.29 is 9.53 Å². The number of para-hydroxylation sites is 1. The van der Waals surface area contributed by atoms with Crippen LogP contribution in [0.25, 0.3) is 0 Å². The number of hydrogen-bond acceptors (Lipinski definition) is 5. The molecule has 1 aliphatic heterocycles. The number of carbonyl (C=O) groups is 1. The largest absolute Gasteiger partial charge is 0.496 e. The molecule has 0 aromatic heterocycles. The smallest absolute Gasteiger partial charge is 0.234 e. The zero-order valence-electron chi connectivity index (χ0n) is 12.1. The van der Waals surface area contributed by atoms with E-state index in [4.69, 9.17) is 10.00 Å². The van der Waals surface area contributed by atoms with E-state index in [0.717, 1.165) is 17.9 Å². The SMILES string of the molecule is COc1ccccc1CNC(=O)CN1CCNCC1C#N. The Hall–Kier alpha value is -2.10. The Labute approximate surface area is 124 Å². The molecule has 1 fully saturated rings. The van der Waals surface area contributed by atoms with Crippen LogP contribution in [0.15, 0.2) is 24.3 Å². The third-order valence-corrected chi connectivity index (χ3v) is 3.52. The van der Waals surface area contributed by atoms with Crippen molar-refractivity contribution in [2.45, 2.75) is 12.6 Å². The molecular weight excluding hydrogens is 268 g/mol. The van der Waals surface area contributed by atoms with Crippen LogP contribution in [0.4, 0.5) is 0 Å². The van der Waals surface area contributed by atoms with Crippen molar-refractivity contribution in [3.8, 4) is 11.8 Å². The molecule has 21 heavy (non-hydrogen) atoms. The number of nitrogens with one attached hydrogen (secondary N) is 2. The van der Waals surface area contributed by atoms with Crippen molar-refractivity contribution in [2.24, 2.45) is 0 Å². The Morgan fingerprint density at radius 1 is 1.57 bits per heavy atom. The molecule has 2 N–H and O–H groups in total. The topological polar surface area (TPSA) is 77.4 Å². The van der Waals surface area contributed by atoms with Crippen LogP contribution in [-0.2, 0) is 11.3 Å². The molecule has 6 nitrogen and oxygen atoms in total. The van der Waals surface area contributed by atoms with Crippen LogP contribution in [0.1, 0.15) is 5.56 Å². The second-order valence-corrected chi connectivity index (χ2v) is 4.91. The van der Waals surface area contributed by atoms with E-state index < -0.39 is 0 Å². The number of ether oxygens (including phenoxy) is 1. The number of hydrogen-bond donors (Lipinski definition) is 2. The monoisotopic (exact) mass is 288 g/mol. The summed E-state index contributed by atoms with van der Waals surface area (Å²) in [6.07, 6.45) is 0. The molecule has 0 spiro atoms. The molecule has 1 heterocycles. The second-order valence-electron chi connectivity index (χ2n) is 4.91. The first kappa shape index (κ1) is 15.3. The van der Waals surface area contributed by atoms with Gasteiger partial charge in [0.15, 0.2) is 0 Å². The number of carbonyl (C=O) groups excluding carboxylic acids is 1. The minimum Gasteiger partial charge on any atom is -0.496 e. The molecule has 0 bridgehead atoms. The number of methoxy groups -OCH3 is 1. The summed E-state index contributed by atoms with van der Waals surface area (Å²) >= 11 is 0. The van der Waals surface area contributed by atoms with Gasteiger partial charge in [0.2, 0.25) is 5.91 Å². The van der Waals surface area contributed by atoms with Crippen LogP contribution in [0.2, 0.25) is 0 Å². The maximum Gasteiger partial charge on any atom is 0.234 e. The zero-order valence-corrected chi connectivity index (χ0v) is 12.1. The standard InChI is InChI=1S/C15H20N4O2/c1-21-14-5-3-2-4-12(14)9-18-15(20)11-19-7-6-17-10-13(19)8-16/h2-5,13,17H,6-7,9-11H2,1H3,(H,18,20). The number of nitriles is 1. The summed E-state index contributed by atoms with van der Waals surface area (Å²) in [5.41, 5.74) is 0.936. The minimum absolute atomic E-state index is 0.0805. The fraction of sp³-hybridized carbons (Fsp3) is 0.467. The molecule has 1 aliphatic rings. The van der Waals surface area contributed by atoms with Gasteiger partial charge in [-0.15, -0.1) is 0 Å². The minimum atomic E-state index is -0.240. The summed E-state index contributed by atoms with van der Waals surface area (Å²) in [6, 6.07) is 9.56. The predicted octanol–water partition coefficient (Wildman–Crippen LogP) is 0.109. The normalized spacial score (nSPS) is 18.8. The number of rotatable bonds is 5. The molecule has 0 aliphatic carbocycles. The Kier molecular flexibility index (Phi) is 5.55. The molecule has 6 heteroatoms. The van der Waals surface area contributed by atoms with Crippen molar-refractivity contribution in [3.05, 3.63) is 29.8 Å². The average Bonchev–Trinajstić information content (AvgIpc) is 2.53. The number of nitrogens with zero attached hydrogens (tertiary/aromatic N) is 2. The first-order valence-electron chi connectivity index (χ1n) is 6.97. The van der Waals surface area contributed by atoms with Crippen LogP contribution >= 0.6 is 0 Å². The summed E-state index contributed by atoms with van der Waals surface area (Å²) in [6.45, 7) is 2.79. The van der Waals surface area contributed by atoms with Crippen LogP contribution in [0.3, 0.4) is 0 Å². The number of amides is 1. The summed E-state index contributed by atoms with van der Waals surface area (Å²) in [5.74, 6) is 0.679. The lowest BCUT2D eigenvalue weighted by Gasteiger charge is -2.31. The maximum absolute atomic E-state index is 12.0. The summed E-state index contributed by atoms with van der Waals surface area (Å²) in [4.78, 5) is 13.9. The zero-order chi connectivity index (χ0) is 15.1. The van der Waals surface area contributed by atoms with E-state index in [1.165, 1.54) is 0 Å². The van der Waals surface area contributed by atoms with E-state index in [1.54, 1.807) is 7.11 Å². The maximum atomic E-state index is 12.0. The molecule has 112 valence electrons. The Morgan fingerprint density at radius 3 is 3.14 bits per heavy atom. The average molecular weight is 288 g/mol. The van der Waals surface area contributed by atoms with Gasteiger partial charge in [-0.2, -0.15) is 5.26 Å². The van der Waals surface area contributed by atoms with E-state index in [2.05, 4.69) is 16.7 Å². The van der Waals surface area contributed by atoms with Gasteiger partial charge in [0, 0.05) is 31.7 Å². The highest BCUT2D eigenvalue weighted by molar-refractivity contribution is 5.78. The quantitative estimate of drug-likeness (QED) is 0.804. The second kappa shape index (κ2) is 7.62. The Morgan fingerprint density at radius 2 is 2.38 bits per heavy atom. The highest BCUT2D eigenvalue weighted by Crippen LogP contribution is 2.16. The summed E-state index contributed by atoms with van der Waals surface area (Å²) < 4.78 is 5.25. The van der Waals surface area contributed by atoms with E-state index in [-0.39, 0.29) is 18.5 Å².